The molecule has 0 saturated heterocycles. The Balaban J connectivity index is 2.16. The molecule has 25 heavy (non-hydrogen) atoms. The van der Waals surface area contributed by atoms with Crippen LogP contribution in [0.2, 0.25) is 0 Å². The van der Waals surface area contributed by atoms with Crippen LogP contribution in [0, 0.1) is 24.0 Å². The monoisotopic (exact) mass is 342 g/mol. The Morgan fingerprint density at radius 1 is 1.24 bits per heavy atom. The molecule has 0 atom stereocenters. The summed E-state index contributed by atoms with van der Waals surface area (Å²) in [6.07, 6.45) is 2.05. The second-order valence-electron chi connectivity index (χ2n) is 5.84. The average molecular weight is 342 g/mol. The minimum Gasteiger partial charge on any atom is -0.494 e. The Bertz CT molecular complexity index is 787. The number of rotatable bonds is 7. The highest BCUT2D eigenvalue weighted by Crippen LogP contribution is 2.25. The minimum absolute atomic E-state index is 0.0657. The Morgan fingerprint density at radius 3 is 2.64 bits per heavy atom. The quantitative estimate of drug-likeness (QED) is 0.451. The molecule has 2 rings (SSSR count). The number of hydrogen-bond donors (Lipinski definition) is 1. The van der Waals surface area contributed by atoms with Crippen LogP contribution >= 0.6 is 0 Å². The second kappa shape index (κ2) is 8.28. The van der Waals surface area contributed by atoms with Gasteiger partial charge >= 0.3 is 0 Å². The summed E-state index contributed by atoms with van der Waals surface area (Å²) in [5.41, 5.74) is 2.09. The molecule has 0 aliphatic rings. The second-order valence-corrected chi connectivity index (χ2v) is 5.84. The summed E-state index contributed by atoms with van der Waals surface area (Å²) in [6.45, 7) is 6.21. The zero-order chi connectivity index (χ0) is 18.4. The Labute approximate surface area is 147 Å². The molecule has 0 aliphatic carbocycles. The first-order chi connectivity index (χ1) is 11.9. The first-order valence-corrected chi connectivity index (χ1v) is 8.22. The van der Waals surface area contributed by atoms with Crippen LogP contribution in [0.3, 0.4) is 0 Å². The van der Waals surface area contributed by atoms with Crippen LogP contribution in [0.25, 0.3) is 0 Å². The fourth-order valence-corrected chi connectivity index (χ4v) is 2.46. The molecule has 1 N–H and O–H groups in total. The normalized spacial score (nSPS) is 10.4. The molecule has 0 spiro atoms. The third-order valence-electron chi connectivity index (χ3n) is 3.96. The molecule has 0 radical (unpaired) electrons. The van der Waals surface area contributed by atoms with Crippen molar-refractivity contribution in [1.29, 1.82) is 0 Å². The number of aryl methyl sites for hydroxylation is 1. The Hall–Kier alpha value is -2.89. The minimum atomic E-state index is -0.486. The summed E-state index contributed by atoms with van der Waals surface area (Å²) < 4.78 is 5.65. The number of anilines is 1. The molecular weight excluding hydrogens is 320 g/mol. The van der Waals surface area contributed by atoms with Crippen molar-refractivity contribution in [2.75, 3.05) is 11.9 Å². The highest BCUT2D eigenvalue weighted by atomic mass is 16.6. The van der Waals surface area contributed by atoms with E-state index in [-0.39, 0.29) is 17.2 Å². The van der Waals surface area contributed by atoms with E-state index in [1.807, 2.05) is 13.0 Å². The molecule has 0 unspecified atom stereocenters. The van der Waals surface area contributed by atoms with Crippen molar-refractivity contribution < 1.29 is 14.5 Å². The van der Waals surface area contributed by atoms with Crippen LogP contribution in [0.4, 0.5) is 11.4 Å². The van der Waals surface area contributed by atoms with Crippen molar-refractivity contribution in [3.8, 4) is 5.75 Å². The van der Waals surface area contributed by atoms with Crippen molar-refractivity contribution in [2.45, 2.75) is 33.6 Å². The maximum absolute atomic E-state index is 12.5. The van der Waals surface area contributed by atoms with Gasteiger partial charge in [-0.05, 0) is 50.1 Å². The maximum Gasteiger partial charge on any atom is 0.273 e. The van der Waals surface area contributed by atoms with Crippen LogP contribution in [0.15, 0.2) is 36.4 Å². The average Bonchev–Trinajstić information content (AvgIpc) is 2.57. The number of nitrogens with one attached hydrogen (secondary N) is 1. The number of nitro benzene ring substituents is 1. The van der Waals surface area contributed by atoms with Gasteiger partial charge in [0.1, 0.15) is 5.75 Å². The van der Waals surface area contributed by atoms with Crippen molar-refractivity contribution in [3.05, 3.63) is 63.2 Å². The summed E-state index contributed by atoms with van der Waals surface area (Å²) in [7, 11) is 0. The topological polar surface area (TPSA) is 81.5 Å². The standard InChI is InChI=1S/C19H22N2O4/c1-4-5-11-25-15-9-10-17(13(2)12-15)20-19(22)16-7-6-8-18(14(16)3)21(23)24/h6-10,12H,4-5,11H2,1-3H3,(H,20,22). The smallest absolute Gasteiger partial charge is 0.273 e. The van der Waals surface area contributed by atoms with Gasteiger partial charge in [0.15, 0.2) is 0 Å². The van der Waals surface area contributed by atoms with Gasteiger partial charge in [0.05, 0.1) is 11.5 Å². The summed E-state index contributed by atoms with van der Waals surface area (Å²) in [5.74, 6) is 0.388. The number of ether oxygens (including phenoxy) is 1. The summed E-state index contributed by atoms with van der Waals surface area (Å²) in [6, 6.07) is 9.93. The largest absolute Gasteiger partial charge is 0.494 e. The summed E-state index contributed by atoms with van der Waals surface area (Å²) >= 11 is 0. The molecule has 0 saturated carbocycles. The number of hydrogen-bond acceptors (Lipinski definition) is 4. The van der Waals surface area contributed by atoms with Gasteiger partial charge < -0.3 is 10.1 Å². The number of carbonyl (C=O) groups excluding carboxylic acids is 1. The zero-order valence-corrected chi connectivity index (χ0v) is 14.7. The SMILES string of the molecule is CCCCOc1ccc(NC(=O)c2cccc([N+](=O)[O-])c2C)c(C)c1. The van der Waals surface area contributed by atoms with E-state index in [0.717, 1.165) is 24.2 Å². The fourth-order valence-electron chi connectivity index (χ4n) is 2.46. The van der Waals surface area contributed by atoms with Crippen LogP contribution in [0.5, 0.6) is 5.75 Å². The number of nitro groups is 1. The van der Waals surface area contributed by atoms with E-state index >= 15 is 0 Å². The Kier molecular flexibility index (Phi) is 6.11. The van der Waals surface area contributed by atoms with Crippen molar-refractivity contribution >= 4 is 17.3 Å². The molecular formula is C19H22N2O4. The molecule has 132 valence electrons. The van der Waals surface area contributed by atoms with Gasteiger partial charge in [-0.3, -0.25) is 14.9 Å². The molecule has 0 aromatic heterocycles. The zero-order valence-electron chi connectivity index (χ0n) is 14.7. The van der Waals surface area contributed by atoms with E-state index in [1.54, 1.807) is 25.1 Å². The number of amides is 1. The van der Waals surface area contributed by atoms with Crippen LogP contribution in [-0.2, 0) is 0 Å². The number of nitrogens with zero attached hydrogens (tertiary/aromatic N) is 1. The summed E-state index contributed by atoms with van der Waals surface area (Å²) in [5, 5.41) is 13.8. The van der Waals surface area contributed by atoms with Gasteiger partial charge in [0.2, 0.25) is 0 Å². The van der Waals surface area contributed by atoms with Gasteiger partial charge in [0.25, 0.3) is 11.6 Å². The van der Waals surface area contributed by atoms with E-state index in [0.29, 0.717) is 17.9 Å². The van der Waals surface area contributed by atoms with E-state index in [9.17, 15) is 14.9 Å². The number of unbranched alkanes of at least 4 members (excludes halogenated alkanes) is 1. The molecule has 1 amide bonds. The fraction of sp³-hybridized carbons (Fsp3) is 0.316. The lowest BCUT2D eigenvalue weighted by Crippen LogP contribution is -2.15. The van der Waals surface area contributed by atoms with Gasteiger partial charge in [-0.2, -0.15) is 0 Å². The van der Waals surface area contributed by atoms with Crippen molar-refractivity contribution in [1.82, 2.24) is 0 Å². The van der Waals surface area contributed by atoms with Gasteiger partial charge in [-0.15, -0.1) is 0 Å². The molecule has 0 aliphatic heterocycles. The molecule has 6 nitrogen and oxygen atoms in total. The maximum atomic E-state index is 12.5. The van der Waals surface area contributed by atoms with Gasteiger partial charge in [0, 0.05) is 22.9 Å². The van der Waals surface area contributed by atoms with Crippen molar-refractivity contribution in [2.24, 2.45) is 0 Å². The van der Waals surface area contributed by atoms with Gasteiger partial charge in [-0.1, -0.05) is 19.4 Å². The third-order valence-corrected chi connectivity index (χ3v) is 3.96. The number of benzene rings is 2. The van der Waals surface area contributed by atoms with Crippen LogP contribution in [-0.4, -0.2) is 17.4 Å². The van der Waals surface area contributed by atoms with Crippen molar-refractivity contribution in [3.63, 3.8) is 0 Å². The lowest BCUT2D eigenvalue weighted by Gasteiger charge is -2.12. The van der Waals surface area contributed by atoms with Gasteiger partial charge in [-0.25, -0.2) is 0 Å². The van der Waals surface area contributed by atoms with E-state index in [1.165, 1.54) is 12.1 Å². The molecule has 2 aromatic rings. The molecule has 6 heteroatoms. The van der Waals surface area contributed by atoms with E-state index < -0.39 is 4.92 Å². The predicted octanol–water partition coefficient (Wildman–Crippen LogP) is 4.64. The summed E-state index contributed by atoms with van der Waals surface area (Å²) in [4.78, 5) is 23.0. The van der Waals surface area contributed by atoms with E-state index in [4.69, 9.17) is 4.74 Å². The Morgan fingerprint density at radius 2 is 2.00 bits per heavy atom. The molecule has 2 aromatic carbocycles. The highest BCUT2D eigenvalue weighted by molar-refractivity contribution is 6.06. The predicted molar refractivity (Wildman–Crippen MR) is 97.4 cm³/mol. The lowest BCUT2D eigenvalue weighted by molar-refractivity contribution is -0.385. The number of carbonyl (C=O) groups is 1. The molecule has 0 fully saturated rings. The molecule has 0 heterocycles. The third kappa shape index (κ3) is 4.56. The highest BCUT2D eigenvalue weighted by Gasteiger charge is 2.18. The molecule has 0 bridgehead atoms. The first-order valence-electron chi connectivity index (χ1n) is 8.22. The first kappa shape index (κ1) is 18.4. The lowest BCUT2D eigenvalue weighted by atomic mass is 10.1. The van der Waals surface area contributed by atoms with Crippen LogP contribution in [0.1, 0.15) is 41.3 Å². The van der Waals surface area contributed by atoms with Crippen LogP contribution < -0.4 is 10.1 Å². The van der Waals surface area contributed by atoms with E-state index in [2.05, 4.69) is 12.2 Å².